The lowest BCUT2D eigenvalue weighted by Crippen LogP contribution is -2.33. The lowest BCUT2D eigenvalue weighted by Gasteiger charge is -2.26. The standard InChI is InChI=1S/C36H46N2O3/c1-29(30-9-15-33(39-2)16-10-30)36(31-11-17-34(18-12-31)40-27-25-37-21-5-3-6-22-37)32-13-19-35(20-14-32)41-28-26-38-23-7-4-8-24-38/h9-20H,3-8,21-28H2,1-2H3. The Labute approximate surface area is 246 Å². The third kappa shape index (κ3) is 8.37. The van der Waals surface area contributed by atoms with Gasteiger partial charge in [0.2, 0.25) is 0 Å². The molecular weight excluding hydrogens is 508 g/mol. The summed E-state index contributed by atoms with van der Waals surface area (Å²) in [6.07, 6.45) is 7.95. The zero-order chi connectivity index (χ0) is 28.3. The van der Waals surface area contributed by atoms with Gasteiger partial charge in [0.25, 0.3) is 0 Å². The monoisotopic (exact) mass is 554 g/mol. The smallest absolute Gasteiger partial charge is 0.119 e. The van der Waals surface area contributed by atoms with Gasteiger partial charge in [-0.2, -0.15) is 0 Å². The second-order valence-electron chi connectivity index (χ2n) is 11.3. The Kier molecular flexibility index (Phi) is 10.8. The number of methoxy groups -OCH3 is 1. The molecule has 41 heavy (non-hydrogen) atoms. The molecule has 2 aliphatic rings. The molecule has 5 nitrogen and oxygen atoms in total. The van der Waals surface area contributed by atoms with Gasteiger partial charge in [-0.25, -0.2) is 0 Å². The predicted octanol–water partition coefficient (Wildman–Crippen LogP) is 7.40. The Morgan fingerprint density at radius 2 is 0.927 bits per heavy atom. The van der Waals surface area contributed by atoms with Crippen LogP contribution in [0.4, 0.5) is 0 Å². The van der Waals surface area contributed by atoms with E-state index in [0.717, 1.165) is 43.6 Å². The topological polar surface area (TPSA) is 34.2 Å². The zero-order valence-electron chi connectivity index (χ0n) is 24.9. The van der Waals surface area contributed by atoms with Crippen molar-refractivity contribution in [2.45, 2.75) is 45.4 Å². The minimum absolute atomic E-state index is 0.728. The van der Waals surface area contributed by atoms with Crippen LogP contribution in [-0.4, -0.2) is 69.4 Å². The molecule has 0 aromatic heterocycles. The van der Waals surface area contributed by atoms with Crippen molar-refractivity contribution < 1.29 is 14.2 Å². The van der Waals surface area contributed by atoms with Crippen LogP contribution in [0.3, 0.4) is 0 Å². The largest absolute Gasteiger partial charge is 0.497 e. The first-order valence-electron chi connectivity index (χ1n) is 15.5. The van der Waals surface area contributed by atoms with Gasteiger partial charge >= 0.3 is 0 Å². The second-order valence-corrected chi connectivity index (χ2v) is 11.3. The number of allylic oxidation sites excluding steroid dienone is 1. The van der Waals surface area contributed by atoms with E-state index in [2.05, 4.69) is 77.4 Å². The summed E-state index contributed by atoms with van der Waals surface area (Å²) in [6.45, 7) is 10.4. The number of likely N-dealkylation sites (tertiary alicyclic amines) is 2. The molecule has 5 rings (SSSR count). The van der Waals surface area contributed by atoms with Crippen LogP contribution in [0.2, 0.25) is 0 Å². The minimum Gasteiger partial charge on any atom is -0.497 e. The van der Waals surface area contributed by atoms with Crippen molar-refractivity contribution >= 4 is 11.1 Å². The van der Waals surface area contributed by atoms with E-state index in [-0.39, 0.29) is 0 Å². The highest BCUT2D eigenvalue weighted by molar-refractivity contribution is 5.98. The Morgan fingerprint density at radius 1 is 0.537 bits per heavy atom. The van der Waals surface area contributed by atoms with E-state index in [9.17, 15) is 0 Å². The van der Waals surface area contributed by atoms with Crippen LogP contribution in [0.5, 0.6) is 17.2 Å². The summed E-state index contributed by atoms with van der Waals surface area (Å²) >= 11 is 0. The Hall–Kier alpha value is -3.28. The van der Waals surface area contributed by atoms with Gasteiger partial charge in [0, 0.05) is 13.1 Å². The lowest BCUT2D eigenvalue weighted by atomic mass is 9.90. The van der Waals surface area contributed by atoms with Crippen LogP contribution >= 0.6 is 0 Å². The molecule has 5 heteroatoms. The highest BCUT2D eigenvalue weighted by Gasteiger charge is 2.14. The molecule has 0 spiro atoms. The number of piperidine rings is 2. The van der Waals surface area contributed by atoms with E-state index in [4.69, 9.17) is 14.2 Å². The van der Waals surface area contributed by atoms with Crippen LogP contribution in [0.1, 0.15) is 62.1 Å². The minimum atomic E-state index is 0.728. The number of ether oxygens (including phenoxy) is 3. The molecule has 2 heterocycles. The molecule has 0 aliphatic carbocycles. The fraction of sp³-hybridized carbons (Fsp3) is 0.444. The van der Waals surface area contributed by atoms with Crippen molar-refractivity contribution in [3.8, 4) is 17.2 Å². The first-order chi connectivity index (χ1) is 20.2. The number of rotatable bonds is 12. The maximum atomic E-state index is 6.13. The van der Waals surface area contributed by atoms with E-state index in [1.165, 1.54) is 92.5 Å². The molecule has 0 saturated carbocycles. The molecule has 218 valence electrons. The van der Waals surface area contributed by atoms with Crippen LogP contribution in [-0.2, 0) is 0 Å². The maximum absolute atomic E-state index is 6.13. The van der Waals surface area contributed by atoms with Crippen LogP contribution in [0.15, 0.2) is 72.8 Å². The Morgan fingerprint density at radius 3 is 1.34 bits per heavy atom. The van der Waals surface area contributed by atoms with Gasteiger partial charge in [0.05, 0.1) is 7.11 Å². The molecule has 2 saturated heterocycles. The highest BCUT2D eigenvalue weighted by Crippen LogP contribution is 2.34. The second kappa shape index (κ2) is 15.1. The molecule has 0 atom stereocenters. The van der Waals surface area contributed by atoms with Gasteiger partial charge in [0.1, 0.15) is 30.5 Å². The third-order valence-corrected chi connectivity index (χ3v) is 8.43. The Balaban J connectivity index is 1.30. The predicted molar refractivity (Wildman–Crippen MR) is 169 cm³/mol. The van der Waals surface area contributed by atoms with E-state index < -0.39 is 0 Å². The number of hydrogen-bond donors (Lipinski definition) is 0. The SMILES string of the molecule is COc1ccc(C(C)=C(c2ccc(OCCN3CCCCC3)cc2)c2ccc(OCCN3CCCCC3)cc2)cc1. The fourth-order valence-corrected chi connectivity index (χ4v) is 5.97. The molecule has 3 aromatic carbocycles. The maximum Gasteiger partial charge on any atom is 0.119 e. The normalized spacial score (nSPS) is 16.2. The van der Waals surface area contributed by atoms with Gasteiger partial charge < -0.3 is 14.2 Å². The summed E-state index contributed by atoms with van der Waals surface area (Å²) in [7, 11) is 1.70. The quantitative estimate of drug-likeness (QED) is 0.218. The van der Waals surface area contributed by atoms with Crippen LogP contribution in [0.25, 0.3) is 11.1 Å². The van der Waals surface area contributed by atoms with Crippen molar-refractivity contribution in [3.05, 3.63) is 89.5 Å². The van der Waals surface area contributed by atoms with Crippen LogP contribution < -0.4 is 14.2 Å². The Bertz CT molecular complexity index is 1150. The summed E-state index contributed by atoms with van der Waals surface area (Å²) in [4.78, 5) is 5.02. The van der Waals surface area contributed by atoms with Crippen molar-refractivity contribution in [2.24, 2.45) is 0 Å². The van der Waals surface area contributed by atoms with Gasteiger partial charge in [-0.05, 0) is 123 Å². The molecule has 0 radical (unpaired) electrons. The first-order valence-corrected chi connectivity index (χ1v) is 15.5. The molecular formula is C36H46N2O3. The van der Waals surface area contributed by atoms with Crippen molar-refractivity contribution in [3.63, 3.8) is 0 Å². The third-order valence-electron chi connectivity index (χ3n) is 8.43. The summed E-state index contributed by atoms with van der Waals surface area (Å²) in [5, 5.41) is 0. The van der Waals surface area contributed by atoms with Crippen molar-refractivity contribution in [1.82, 2.24) is 9.80 Å². The molecule has 0 amide bonds. The van der Waals surface area contributed by atoms with E-state index in [1.54, 1.807) is 7.11 Å². The van der Waals surface area contributed by atoms with Gasteiger partial charge in [-0.15, -0.1) is 0 Å². The van der Waals surface area contributed by atoms with E-state index in [0.29, 0.717) is 0 Å². The van der Waals surface area contributed by atoms with Crippen LogP contribution in [0, 0.1) is 0 Å². The summed E-state index contributed by atoms with van der Waals surface area (Å²) in [5.74, 6) is 2.70. The molecule has 0 bridgehead atoms. The fourth-order valence-electron chi connectivity index (χ4n) is 5.97. The number of hydrogen-bond acceptors (Lipinski definition) is 5. The molecule has 2 aliphatic heterocycles. The number of benzene rings is 3. The van der Waals surface area contributed by atoms with E-state index >= 15 is 0 Å². The number of nitrogens with zero attached hydrogens (tertiary/aromatic N) is 2. The zero-order valence-corrected chi connectivity index (χ0v) is 24.9. The first kappa shape index (κ1) is 29.2. The molecule has 0 unspecified atom stereocenters. The average Bonchev–Trinajstić information content (AvgIpc) is 3.04. The van der Waals surface area contributed by atoms with Crippen molar-refractivity contribution in [2.75, 3.05) is 59.6 Å². The average molecular weight is 555 g/mol. The van der Waals surface area contributed by atoms with Gasteiger partial charge in [-0.1, -0.05) is 49.2 Å². The van der Waals surface area contributed by atoms with Gasteiger partial charge in [0.15, 0.2) is 0 Å². The summed E-state index contributed by atoms with van der Waals surface area (Å²) < 4.78 is 17.6. The molecule has 3 aromatic rings. The lowest BCUT2D eigenvalue weighted by molar-refractivity contribution is 0.183. The van der Waals surface area contributed by atoms with Crippen molar-refractivity contribution in [1.29, 1.82) is 0 Å². The summed E-state index contributed by atoms with van der Waals surface area (Å²) in [6, 6.07) is 25.4. The molecule has 0 N–H and O–H groups in total. The van der Waals surface area contributed by atoms with Gasteiger partial charge in [-0.3, -0.25) is 9.80 Å². The molecule has 2 fully saturated rings. The van der Waals surface area contributed by atoms with E-state index in [1.807, 2.05) is 12.1 Å². The summed E-state index contributed by atoms with van der Waals surface area (Å²) in [5.41, 5.74) is 5.92. The highest BCUT2D eigenvalue weighted by atomic mass is 16.5.